The molecule has 8 rings (SSSR count). The van der Waals surface area contributed by atoms with Crippen molar-refractivity contribution in [3.8, 4) is 11.8 Å². The van der Waals surface area contributed by atoms with Gasteiger partial charge >= 0.3 is 6.18 Å². The first-order valence-corrected chi connectivity index (χ1v) is 23.6. The number of imidazole rings is 1. The van der Waals surface area contributed by atoms with Crippen LogP contribution < -0.4 is 10.6 Å². The van der Waals surface area contributed by atoms with Crippen molar-refractivity contribution >= 4 is 35.1 Å². The van der Waals surface area contributed by atoms with Gasteiger partial charge in [0.2, 0.25) is 11.8 Å². The molecule has 358 valence electrons. The fraction of sp³-hybridized carbons (Fsp3) is 0.377. The second-order valence-corrected chi connectivity index (χ2v) is 18.0. The molecule has 0 saturated carbocycles. The number of benzene rings is 3. The van der Waals surface area contributed by atoms with Crippen molar-refractivity contribution in [3.63, 3.8) is 0 Å². The van der Waals surface area contributed by atoms with Gasteiger partial charge in [-0.15, -0.1) is 0 Å². The summed E-state index contributed by atoms with van der Waals surface area (Å²) in [6.07, 6.45) is 4.66. The van der Waals surface area contributed by atoms with Gasteiger partial charge in [0.15, 0.2) is 11.4 Å². The number of ketones is 1. The van der Waals surface area contributed by atoms with Crippen molar-refractivity contribution in [3.05, 3.63) is 147 Å². The van der Waals surface area contributed by atoms with Gasteiger partial charge in [-0.1, -0.05) is 55.7 Å². The lowest BCUT2D eigenvalue weighted by Gasteiger charge is -2.35. The molecule has 1 atom stereocenters. The van der Waals surface area contributed by atoms with Gasteiger partial charge < -0.3 is 15.5 Å². The Morgan fingerprint density at radius 3 is 2.43 bits per heavy atom. The van der Waals surface area contributed by atoms with Gasteiger partial charge in [-0.05, 0) is 117 Å². The number of fused-ring (bicyclic) bond motifs is 2. The zero-order valence-corrected chi connectivity index (χ0v) is 38.7. The number of imide groups is 1. The van der Waals surface area contributed by atoms with E-state index in [-0.39, 0.29) is 41.7 Å². The van der Waals surface area contributed by atoms with Crippen LogP contribution in [-0.2, 0) is 35.2 Å². The number of halogens is 3. The monoisotopic (exact) mass is 940 g/mol. The van der Waals surface area contributed by atoms with Crippen molar-refractivity contribution in [2.75, 3.05) is 39.3 Å². The minimum Gasteiger partial charge on any atom is -0.356 e. The molecule has 1 unspecified atom stereocenters. The molecule has 5 aromatic rings. The van der Waals surface area contributed by atoms with Crippen LogP contribution in [-0.4, -0.2) is 104 Å². The number of rotatable bonds is 17. The number of amides is 4. The maximum Gasteiger partial charge on any atom is 0.416 e. The number of carbonyl (C=O) groups is 5. The number of carbonyl (C=O) groups excluding carboxylic acids is 5. The molecule has 2 aromatic heterocycles. The third-order valence-corrected chi connectivity index (χ3v) is 13.1. The number of hydrogen-bond acceptors (Lipinski definition) is 9. The first-order chi connectivity index (χ1) is 33.2. The second kappa shape index (κ2) is 21.6. The van der Waals surface area contributed by atoms with Gasteiger partial charge in [-0.2, -0.15) is 18.3 Å². The molecule has 3 aromatic carbocycles. The van der Waals surface area contributed by atoms with Crippen molar-refractivity contribution in [1.82, 2.24) is 39.9 Å². The lowest BCUT2D eigenvalue weighted by Crippen LogP contribution is -2.51. The molecule has 2 saturated heterocycles. The maximum atomic E-state index is 14.4. The lowest BCUT2D eigenvalue weighted by atomic mass is 9.96. The van der Waals surface area contributed by atoms with E-state index in [0.717, 1.165) is 67.2 Å². The molecular formula is C53H55F3N8O5. The summed E-state index contributed by atoms with van der Waals surface area (Å²) in [5.41, 5.74) is 5.00. The van der Waals surface area contributed by atoms with Crippen LogP contribution in [0.1, 0.15) is 122 Å². The van der Waals surface area contributed by atoms with E-state index in [1.165, 1.54) is 6.07 Å². The van der Waals surface area contributed by atoms with Crippen molar-refractivity contribution < 1.29 is 37.1 Å². The molecule has 3 aliphatic rings. The summed E-state index contributed by atoms with van der Waals surface area (Å²) >= 11 is 0. The Morgan fingerprint density at radius 1 is 0.870 bits per heavy atom. The summed E-state index contributed by atoms with van der Waals surface area (Å²) in [4.78, 5) is 74.3. The molecule has 0 radical (unpaired) electrons. The lowest BCUT2D eigenvalue weighted by molar-refractivity contribution is -0.138. The standard InChI is InChI=1S/C53H55F3N8O5/c1-35-12-16-40(32-39(35)18-19-42-33-58-48-10-7-23-59-64(42)48)47(65)31-38-14-17-41(45(30-38)53(54,55)56)34-62-27-25-61(26-28-62)24-8-22-57-49(66)11-6-4-3-5-9-37-15-20-43-44(29-37)52(69)63(51(43)68)46-21-13-36(2)60-50(46)67/h7,10,12,14-17,20,23,29-30,32-33,46H,2-6,8-9,11,13,21-22,24-28,31,34H2,1H3,(H,57,66)(H,60,67). The number of aryl methyl sites for hydroxylation is 2. The highest BCUT2D eigenvalue weighted by Crippen LogP contribution is 2.34. The van der Waals surface area contributed by atoms with E-state index in [4.69, 9.17) is 0 Å². The van der Waals surface area contributed by atoms with E-state index in [2.05, 4.69) is 44.0 Å². The summed E-state index contributed by atoms with van der Waals surface area (Å²) in [5.74, 6) is 4.57. The molecule has 69 heavy (non-hydrogen) atoms. The summed E-state index contributed by atoms with van der Waals surface area (Å²) in [6.45, 7) is 9.72. The van der Waals surface area contributed by atoms with Crippen LogP contribution in [0.3, 0.4) is 0 Å². The molecule has 5 heterocycles. The topological polar surface area (TPSA) is 149 Å². The smallest absolute Gasteiger partial charge is 0.356 e. The summed E-state index contributed by atoms with van der Waals surface area (Å²) < 4.78 is 44.9. The van der Waals surface area contributed by atoms with Crippen molar-refractivity contribution in [2.45, 2.75) is 89.9 Å². The van der Waals surface area contributed by atoms with E-state index < -0.39 is 29.6 Å². The number of allylic oxidation sites excluding steroid dienone is 1. The van der Waals surface area contributed by atoms with E-state index in [1.54, 1.807) is 59.4 Å². The number of nitrogens with one attached hydrogen (secondary N) is 2. The Labute approximate surface area is 399 Å². The predicted octanol–water partition coefficient (Wildman–Crippen LogP) is 7.09. The minimum atomic E-state index is -4.59. The van der Waals surface area contributed by atoms with E-state index in [1.807, 2.05) is 24.0 Å². The predicted molar refractivity (Wildman–Crippen MR) is 253 cm³/mol. The van der Waals surface area contributed by atoms with Gasteiger partial charge in [-0.25, -0.2) is 9.50 Å². The van der Waals surface area contributed by atoms with Crippen LogP contribution >= 0.6 is 0 Å². The number of hydrogen-bond donors (Lipinski definition) is 2. The van der Waals surface area contributed by atoms with Crippen LogP contribution in [0.2, 0.25) is 0 Å². The maximum absolute atomic E-state index is 14.4. The number of Topliss-reactive ketones (excluding diaryl/α,β-unsaturated/α-hetero) is 1. The van der Waals surface area contributed by atoms with E-state index in [0.29, 0.717) is 91.3 Å². The normalized spacial score (nSPS) is 16.6. The molecule has 16 heteroatoms. The number of alkyl halides is 3. The molecule has 0 aliphatic carbocycles. The Hall–Kier alpha value is -6.96. The number of aromatic nitrogens is 3. The van der Waals surface area contributed by atoms with Crippen LogP contribution in [0, 0.1) is 18.8 Å². The number of unbranched alkanes of at least 4 members (excludes halogenated alkanes) is 3. The van der Waals surface area contributed by atoms with Gasteiger partial charge in [0.05, 0.1) is 22.9 Å². The average molecular weight is 941 g/mol. The zero-order chi connectivity index (χ0) is 48.7. The highest BCUT2D eigenvalue weighted by atomic mass is 19.4. The van der Waals surface area contributed by atoms with Gasteiger partial charge in [-0.3, -0.25) is 33.8 Å². The Kier molecular flexibility index (Phi) is 15.1. The van der Waals surface area contributed by atoms with Crippen LogP contribution in [0.5, 0.6) is 0 Å². The molecular weight excluding hydrogens is 886 g/mol. The van der Waals surface area contributed by atoms with E-state index >= 15 is 0 Å². The first-order valence-electron chi connectivity index (χ1n) is 23.6. The minimum absolute atomic E-state index is 0.00167. The number of nitrogens with zero attached hydrogens (tertiary/aromatic N) is 6. The van der Waals surface area contributed by atoms with Crippen molar-refractivity contribution in [1.29, 1.82) is 0 Å². The molecule has 13 nitrogen and oxygen atoms in total. The van der Waals surface area contributed by atoms with Gasteiger partial charge in [0.1, 0.15) is 11.7 Å². The summed E-state index contributed by atoms with van der Waals surface area (Å²) in [5, 5.41) is 9.92. The van der Waals surface area contributed by atoms with E-state index in [9.17, 15) is 37.1 Å². The van der Waals surface area contributed by atoms with Gasteiger partial charge in [0, 0.05) is 75.1 Å². The SMILES string of the molecule is C=C1CCC(N2C(=O)c3ccc(CCCCCCC(=O)NCCCN4CCN(Cc5ccc(CC(=O)c6ccc(C)c(C#Cc7cnc8cccnn78)c6)cc5C(F)(F)F)CC4)cc3C2=O)C(=O)N1. The summed E-state index contributed by atoms with van der Waals surface area (Å²) in [7, 11) is 0. The zero-order valence-electron chi connectivity index (χ0n) is 38.7. The third-order valence-electron chi connectivity index (χ3n) is 13.1. The van der Waals surface area contributed by atoms with Crippen LogP contribution in [0.25, 0.3) is 5.65 Å². The van der Waals surface area contributed by atoms with Crippen LogP contribution in [0.4, 0.5) is 13.2 Å². The fourth-order valence-electron chi connectivity index (χ4n) is 9.15. The fourth-order valence-corrected chi connectivity index (χ4v) is 9.15. The largest absolute Gasteiger partial charge is 0.416 e. The highest BCUT2D eigenvalue weighted by Gasteiger charge is 2.44. The Morgan fingerprint density at radius 2 is 1.64 bits per heavy atom. The molecule has 2 N–H and O–H groups in total. The van der Waals surface area contributed by atoms with Crippen LogP contribution in [0.15, 0.2) is 91.4 Å². The number of piperazine rings is 1. The van der Waals surface area contributed by atoms with Gasteiger partial charge in [0.25, 0.3) is 11.8 Å². The Balaban J connectivity index is 0.716. The van der Waals surface area contributed by atoms with Crippen molar-refractivity contribution in [2.24, 2.45) is 0 Å². The highest BCUT2D eigenvalue weighted by molar-refractivity contribution is 6.23. The quantitative estimate of drug-likeness (QED) is 0.0432. The molecule has 0 bridgehead atoms. The third kappa shape index (κ3) is 11.8. The molecule has 2 fully saturated rings. The second-order valence-electron chi connectivity index (χ2n) is 18.0. The number of piperidine rings is 1. The average Bonchev–Trinajstić information content (AvgIpc) is 3.85. The Bertz CT molecular complexity index is 2850. The molecule has 4 amide bonds. The first kappa shape index (κ1) is 48.5. The molecule has 3 aliphatic heterocycles. The molecule has 0 spiro atoms. The summed E-state index contributed by atoms with van der Waals surface area (Å²) in [6, 6.07) is 17.4.